The lowest BCUT2D eigenvalue weighted by Gasteiger charge is -2.12. The summed E-state index contributed by atoms with van der Waals surface area (Å²) < 4.78 is 5.26. The Hall–Kier alpha value is -2.82. The first-order valence-electron chi connectivity index (χ1n) is 8.37. The van der Waals surface area contributed by atoms with E-state index in [1.54, 1.807) is 24.3 Å². The predicted molar refractivity (Wildman–Crippen MR) is 97.8 cm³/mol. The largest absolute Gasteiger partial charge is 0.465 e. The first-order valence-corrected chi connectivity index (χ1v) is 8.37. The van der Waals surface area contributed by atoms with E-state index in [9.17, 15) is 9.59 Å². The highest BCUT2D eigenvalue weighted by molar-refractivity contribution is 6.05. The summed E-state index contributed by atoms with van der Waals surface area (Å²) in [6.45, 7) is 6.58. The Kier molecular flexibility index (Phi) is 6.57. The second-order valence-electron chi connectivity index (χ2n) is 6.28. The van der Waals surface area contributed by atoms with Gasteiger partial charge in [0.05, 0.1) is 6.26 Å². The molecule has 5 heteroatoms. The van der Waals surface area contributed by atoms with Gasteiger partial charge in [-0.15, -0.1) is 0 Å². The molecule has 1 aromatic heterocycles. The summed E-state index contributed by atoms with van der Waals surface area (Å²) in [5.74, 6) is 0.326. The molecule has 0 fully saturated rings. The minimum atomic E-state index is -0.334. The van der Waals surface area contributed by atoms with Gasteiger partial charge in [-0.05, 0) is 43.0 Å². The van der Waals surface area contributed by atoms with E-state index in [0.29, 0.717) is 23.8 Å². The molecule has 0 aliphatic rings. The Morgan fingerprint density at radius 1 is 1.16 bits per heavy atom. The third-order valence-electron chi connectivity index (χ3n) is 3.72. The average molecular weight is 340 g/mol. The highest BCUT2D eigenvalue weighted by Gasteiger charge is 2.16. The number of hydrogen-bond donors (Lipinski definition) is 2. The summed E-state index contributed by atoms with van der Waals surface area (Å²) in [5.41, 5.74) is 1.53. The summed E-state index contributed by atoms with van der Waals surface area (Å²) in [6.07, 6.45) is 3.91. The molecule has 0 unspecified atom stereocenters. The Balaban J connectivity index is 2.16. The van der Waals surface area contributed by atoms with E-state index in [1.165, 1.54) is 12.3 Å². The summed E-state index contributed by atoms with van der Waals surface area (Å²) >= 11 is 0. The van der Waals surface area contributed by atoms with Crippen LogP contribution in [0.5, 0.6) is 0 Å². The molecule has 0 atom stereocenters. The molecule has 2 rings (SSSR count). The van der Waals surface area contributed by atoms with Crippen molar-refractivity contribution in [3.8, 4) is 0 Å². The molecular weight excluding hydrogens is 316 g/mol. The molecule has 2 N–H and O–H groups in total. The van der Waals surface area contributed by atoms with E-state index >= 15 is 0 Å². The van der Waals surface area contributed by atoms with Crippen molar-refractivity contribution in [3.05, 3.63) is 65.2 Å². The molecule has 25 heavy (non-hydrogen) atoms. The van der Waals surface area contributed by atoms with Crippen LogP contribution < -0.4 is 10.6 Å². The van der Waals surface area contributed by atoms with Crippen LogP contribution in [0.4, 0.5) is 0 Å². The van der Waals surface area contributed by atoms with Gasteiger partial charge in [0.2, 0.25) is 0 Å². The lowest BCUT2D eigenvalue weighted by molar-refractivity contribution is -0.117. The first kappa shape index (κ1) is 18.5. The first-order chi connectivity index (χ1) is 12.0. The van der Waals surface area contributed by atoms with Crippen LogP contribution >= 0.6 is 0 Å². The monoisotopic (exact) mass is 340 g/mol. The number of nitrogens with one attached hydrogen (secondary N) is 2. The van der Waals surface area contributed by atoms with Crippen LogP contribution in [0.25, 0.3) is 6.08 Å². The van der Waals surface area contributed by atoms with Crippen LogP contribution in [0.3, 0.4) is 0 Å². The van der Waals surface area contributed by atoms with Crippen LogP contribution in [0.2, 0.25) is 0 Å². The minimum absolute atomic E-state index is 0.159. The van der Waals surface area contributed by atoms with Gasteiger partial charge in [-0.25, -0.2) is 0 Å². The minimum Gasteiger partial charge on any atom is -0.465 e. The van der Waals surface area contributed by atoms with E-state index in [2.05, 4.69) is 24.5 Å². The maximum absolute atomic E-state index is 12.5. The standard InChI is InChI=1S/C20H24N2O3/c1-14(2)10-11-21-20(24)18(13-16-8-6-12-25-16)22-19(23)17-9-5-4-7-15(17)3/h4-9,12-14H,10-11H2,1-3H3,(H,21,24)(H,22,23)/b18-13-. The fourth-order valence-corrected chi connectivity index (χ4v) is 2.26. The second-order valence-corrected chi connectivity index (χ2v) is 6.28. The molecule has 0 aliphatic heterocycles. The van der Waals surface area contributed by atoms with Crippen LogP contribution in [0.1, 0.15) is 41.9 Å². The van der Waals surface area contributed by atoms with E-state index in [1.807, 2.05) is 19.1 Å². The SMILES string of the molecule is Cc1ccccc1C(=O)N/C(=C\c1ccco1)C(=O)NCCC(C)C. The number of benzene rings is 1. The maximum Gasteiger partial charge on any atom is 0.267 e. The predicted octanol–water partition coefficient (Wildman–Crippen LogP) is 3.52. The number of aryl methyl sites for hydroxylation is 1. The van der Waals surface area contributed by atoms with Gasteiger partial charge in [-0.3, -0.25) is 9.59 Å². The lowest BCUT2D eigenvalue weighted by Crippen LogP contribution is -2.35. The molecular formula is C20H24N2O3. The number of amides is 2. The molecule has 5 nitrogen and oxygen atoms in total. The summed E-state index contributed by atoms with van der Waals surface area (Å²) in [6, 6.07) is 10.7. The lowest BCUT2D eigenvalue weighted by atomic mass is 10.1. The highest BCUT2D eigenvalue weighted by atomic mass is 16.3. The number of rotatable bonds is 7. The van der Waals surface area contributed by atoms with Gasteiger partial charge >= 0.3 is 0 Å². The Bertz CT molecular complexity index is 746. The van der Waals surface area contributed by atoms with Crippen molar-refractivity contribution < 1.29 is 14.0 Å². The van der Waals surface area contributed by atoms with Gasteiger partial charge < -0.3 is 15.1 Å². The van der Waals surface area contributed by atoms with Crippen molar-refractivity contribution >= 4 is 17.9 Å². The van der Waals surface area contributed by atoms with E-state index in [0.717, 1.165) is 12.0 Å². The van der Waals surface area contributed by atoms with Crippen molar-refractivity contribution in [2.24, 2.45) is 5.92 Å². The molecule has 132 valence electrons. The number of carbonyl (C=O) groups is 2. The van der Waals surface area contributed by atoms with Gasteiger partial charge in [-0.2, -0.15) is 0 Å². The van der Waals surface area contributed by atoms with Crippen molar-refractivity contribution in [1.29, 1.82) is 0 Å². The molecule has 0 saturated carbocycles. The van der Waals surface area contributed by atoms with Gasteiger partial charge in [0.1, 0.15) is 11.5 Å². The Morgan fingerprint density at radius 2 is 1.92 bits per heavy atom. The number of hydrogen-bond acceptors (Lipinski definition) is 3. The van der Waals surface area contributed by atoms with E-state index in [4.69, 9.17) is 4.42 Å². The van der Waals surface area contributed by atoms with Crippen molar-refractivity contribution in [2.75, 3.05) is 6.54 Å². The average Bonchev–Trinajstić information content (AvgIpc) is 3.07. The van der Waals surface area contributed by atoms with E-state index < -0.39 is 0 Å². The molecule has 2 aromatic rings. The maximum atomic E-state index is 12.5. The zero-order chi connectivity index (χ0) is 18.2. The third kappa shape index (κ3) is 5.64. The fraction of sp³-hybridized carbons (Fsp3) is 0.300. The quantitative estimate of drug-likeness (QED) is 0.758. The molecule has 0 spiro atoms. The smallest absolute Gasteiger partial charge is 0.267 e. The van der Waals surface area contributed by atoms with Gasteiger partial charge in [0, 0.05) is 18.2 Å². The summed E-state index contributed by atoms with van der Waals surface area (Å²) in [4.78, 5) is 25.0. The topological polar surface area (TPSA) is 71.3 Å². The highest BCUT2D eigenvalue weighted by Crippen LogP contribution is 2.10. The van der Waals surface area contributed by atoms with Crippen LogP contribution in [0.15, 0.2) is 52.8 Å². The van der Waals surface area contributed by atoms with Crippen LogP contribution in [0, 0.1) is 12.8 Å². The fourth-order valence-electron chi connectivity index (χ4n) is 2.26. The van der Waals surface area contributed by atoms with Gasteiger partial charge in [-0.1, -0.05) is 32.0 Å². The molecule has 0 radical (unpaired) electrons. The van der Waals surface area contributed by atoms with Gasteiger partial charge in [0.25, 0.3) is 11.8 Å². The Labute approximate surface area is 148 Å². The molecule has 1 aromatic carbocycles. The summed E-state index contributed by atoms with van der Waals surface area (Å²) in [5, 5.41) is 5.53. The summed E-state index contributed by atoms with van der Waals surface area (Å²) in [7, 11) is 0. The van der Waals surface area contributed by atoms with Crippen LogP contribution in [-0.2, 0) is 4.79 Å². The number of furan rings is 1. The molecule has 0 bridgehead atoms. The Morgan fingerprint density at radius 3 is 2.56 bits per heavy atom. The normalized spacial score (nSPS) is 11.4. The zero-order valence-corrected chi connectivity index (χ0v) is 14.8. The second kappa shape index (κ2) is 8.87. The van der Waals surface area contributed by atoms with Crippen molar-refractivity contribution in [3.63, 3.8) is 0 Å². The van der Waals surface area contributed by atoms with E-state index in [-0.39, 0.29) is 17.5 Å². The van der Waals surface area contributed by atoms with Crippen molar-refractivity contribution in [2.45, 2.75) is 27.2 Å². The third-order valence-corrected chi connectivity index (χ3v) is 3.72. The van der Waals surface area contributed by atoms with Crippen molar-refractivity contribution in [1.82, 2.24) is 10.6 Å². The van der Waals surface area contributed by atoms with Crippen LogP contribution in [-0.4, -0.2) is 18.4 Å². The molecule has 0 aliphatic carbocycles. The molecule has 2 amide bonds. The molecule has 0 saturated heterocycles. The molecule has 1 heterocycles. The number of carbonyl (C=O) groups excluding carboxylic acids is 2. The zero-order valence-electron chi connectivity index (χ0n) is 14.8. The van der Waals surface area contributed by atoms with Gasteiger partial charge in [0.15, 0.2) is 0 Å².